The summed E-state index contributed by atoms with van der Waals surface area (Å²) in [6, 6.07) is 9.94. The quantitative estimate of drug-likeness (QED) is 0.599. The van der Waals surface area contributed by atoms with Crippen molar-refractivity contribution in [3.63, 3.8) is 0 Å². The van der Waals surface area contributed by atoms with Gasteiger partial charge >= 0.3 is 0 Å². The highest BCUT2D eigenvalue weighted by Gasteiger charge is 2.31. The molecule has 1 N–H and O–H groups in total. The zero-order valence-electron chi connectivity index (χ0n) is 19.8. The van der Waals surface area contributed by atoms with Gasteiger partial charge in [-0.1, -0.05) is 18.2 Å². The molecule has 4 rings (SSSR count). The molecule has 2 aromatic heterocycles. The van der Waals surface area contributed by atoms with E-state index in [4.69, 9.17) is 9.97 Å². The van der Waals surface area contributed by atoms with Crippen LogP contribution in [0.5, 0.6) is 0 Å². The van der Waals surface area contributed by atoms with Crippen LogP contribution in [0.1, 0.15) is 49.3 Å². The van der Waals surface area contributed by atoms with Gasteiger partial charge in [-0.25, -0.2) is 9.97 Å². The third-order valence-electron chi connectivity index (χ3n) is 6.30. The fourth-order valence-electron chi connectivity index (χ4n) is 4.48. The summed E-state index contributed by atoms with van der Waals surface area (Å²) in [7, 11) is 5.68. The molecule has 1 aliphatic rings. The van der Waals surface area contributed by atoms with Crippen molar-refractivity contribution in [1.82, 2.24) is 24.8 Å². The van der Waals surface area contributed by atoms with Crippen molar-refractivity contribution in [3.8, 4) is 0 Å². The number of amides is 2. The Morgan fingerprint density at radius 3 is 2.73 bits per heavy atom. The predicted molar refractivity (Wildman–Crippen MR) is 129 cm³/mol. The van der Waals surface area contributed by atoms with Crippen molar-refractivity contribution in [3.05, 3.63) is 53.6 Å². The molecule has 1 unspecified atom stereocenters. The van der Waals surface area contributed by atoms with Crippen LogP contribution < -0.4 is 4.90 Å². The molecule has 8 nitrogen and oxygen atoms in total. The lowest BCUT2D eigenvalue weighted by molar-refractivity contribution is -0.130. The average Bonchev–Trinajstić information content (AvgIpc) is 3.44. The van der Waals surface area contributed by atoms with E-state index in [1.807, 2.05) is 61.4 Å². The number of rotatable bonds is 7. The van der Waals surface area contributed by atoms with Crippen LogP contribution in [0.4, 0.5) is 5.82 Å². The molecule has 0 spiro atoms. The molecule has 3 aromatic rings. The highest BCUT2D eigenvalue weighted by atomic mass is 16.2. The first-order valence-corrected chi connectivity index (χ1v) is 11.4. The minimum atomic E-state index is -0.107. The third-order valence-corrected chi connectivity index (χ3v) is 6.30. The van der Waals surface area contributed by atoms with Gasteiger partial charge in [0.15, 0.2) is 5.82 Å². The van der Waals surface area contributed by atoms with Crippen LogP contribution in [-0.4, -0.2) is 64.3 Å². The number of nitrogens with one attached hydrogen (secondary N) is 1. The Morgan fingerprint density at radius 2 is 1.97 bits per heavy atom. The van der Waals surface area contributed by atoms with Crippen molar-refractivity contribution >= 4 is 28.5 Å². The Morgan fingerprint density at radius 1 is 1.18 bits per heavy atom. The summed E-state index contributed by atoms with van der Waals surface area (Å²) in [4.78, 5) is 43.2. The molecule has 1 atom stereocenters. The number of hydrogen-bond donors (Lipinski definition) is 1. The van der Waals surface area contributed by atoms with Gasteiger partial charge in [-0.05, 0) is 30.9 Å². The smallest absolute Gasteiger partial charge is 0.222 e. The first-order chi connectivity index (χ1) is 15.8. The fraction of sp³-hybridized carbons (Fsp3) is 0.440. The number of H-pyrrole nitrogens is 1. The number of benzene rings is 1. The summed E-state index contributed by atoms with van der Waals surface area (Å²) in [5, 5.41) is 1.16. The Hall–Kier alpha value is -3.42. The molecule has 1 fully saturated rings. The number of para-hydroxylation sites is 1. The summed E-state index contributed by atoms with van der Waals surface area (Å²) >= 11 is 0. The summed E-state index contributed by atoms with van der Waals surface area (Å²) in [6.45, 7) is 2.72. The van der Waals surface area contributed by atoms with Crippen molar-refractivity contribution < 1.29 is 9.59 Å². The number of likely N-dealkylation sites (tertiary alicyclic amines) is 1. The summed E-state index contributed by atoms with van der Waals surface area (Å²) in [5.41, 5.74) is 3.02. The maximum Gasteiger partial charge on any atom is 0.222 e. The molecule has 2 amide bonds. The Bertz CT molecular complexity index is 1150. The van der Waals surface area contributed by atoms with Crippen LogP contribution in [0.3, 0.4) is 0 Å². The van der Waals surface area contributed by atoms with Crippen LogP contribution in [0.25, 0.3) is 10.9 Å². The van der Waals surface area contributed by atoms with Crippen LogP contribution >= 0.6 is 0 Å². The number of aryl methyl sites for hydroxylation is 1. The van der Waals surface area contributed by atoms with Crippen LogP contribution in [0.15, 0.2) is 36.5 Å². The van der Waals surface area contributed by atoms with Crippen molar-refractivity contribution in [2.45, 2.75) is 45.2 Å². The number of aromatic amines is 1. The van der Waals surface area contributed by atoms with Gasteiger partial charge in [-0.15, -0.1) is 0 Å². The second kappa shape index (κ2) is 9.60. The summed E-state index contributed by atoms with van der Waals surface area (Å²) in [6.07, 6.45) is 4.90. The van der Waals surface area contributed by atoms with Gasteiger partial charge in [0.05, 0.1) is 18.3 Å². The van der Waals surface area contributed by atoms with E-state index in [1.165, 1.54) is 0 Å². The Labute approximate surface area is 194 Å². The van der Waals surface area contributed by atoms with Crippen molar-refractivity contribution in [2.24, 2.45) is 0 Å². The number of carbonyl (C=O) groups is 2. The summed E-state index contributed by atoms with van der Waals surface area (Å²) < 4.78 is 0. The molecule has 0 aliphatic carbocycles. The largest absolute Gasteiger partial charge is 0.363 e. The number of carbonyl (C=O) groups excluding carboxylic acids is 2. The lowest BCUT2D eigenvalue weighted by Crippen LogP contribution is -2.31. The molecule has 8 heteroatoms. The number of anilines is 1. The normalized spacial score (nSPS) is 15.8. The first-order valence-electron chi connectivity index (χ1n) is 11.4. The lowest BCUT2D eigenvalue weighted by atomic mass is 10.1. The van der Waals surface area contributed by atoms with Gasteiger partial charge < -0.3 is 19.7 Å². The molecular formula is C25H32N6O2. The van der Waals surface area contributed by atoms with Gasteiger partial charge in [0.2, 0.25) is 11.8 Å². The molecule has 174 valence electrons. The molecule has 0 saturated carbocycles. The van der Waals surface area contributed by atoms with E-state index in [0.29, 0.717) is 25.2 Å². The van der Waals surface area contributed by atoms with Gasteiger partial charge in [0, 0.05) is 64.2 Å². The van der Waals surface area contributed by atoms with Crippen LogP contribution in [0.2, 0.25) is 0 Å². The van der Waals surface area contributed by atoms with Crippen LogP contribution in [0, 0.1) is 0 Å². The van der Waals surface area contributed by atoms with E-state index < -0.39 is 0 Å². The van der Waals surface area contributed by atoms with Gasteiger partial charge in [-0.3, -0.25) is 9.59 Å². The molecule has 3 heterocycles. The average molecular weight is 449 g/mol. The zero-order chi connectivity index (χ0) is 23.5. The third kappa shape index (κ3) is 4.99. The van der Waals surface area contributed by atoms with E-state index in [2.05, 4.69) is 11.1 Å². The Kier molecular flexibility index (Phi) is 6.62. The molecule has 1 aliphatic heterocycles. The van der Waals surface area contributed by atoms with Gasteiger partial charge in [0.25, 0.3) is 0 Å². The number of aromatic nitrogens is 3. The number of nitrogens with zero attached hydrogens (tertiary/aromatic N) is 5. The van der Waals surface area contributed by atoms with E-state index in [0.717, 1.165) is 47.4 Å². The first kappa shape index (κ1) is 22.8. The lowest BCUT2D eigenvalue weighted by Gasteiger charge is -2.24. The molecular weight excluding hydrogens is 416 g/mol. The van der Waals surface area contributed by atoms with E-state index >= 15 is 0 Å². The highest BCUT2D eigenvalue weighted by Crippen LogP contribution is 2.31. The fourth-order valence-corrected chi connectivity index (χ4v) is 4.48. The van der Waals surface area contributed by atoms with Crippen molar-refractivity contribution in [1.29, 1.82) is 0 Å². The molecule has 1 saturated heterocycles. The molecule has 0 radical (unpaired) electrons. The molecule has 1 aromatic carbocycles. The van der Waals surface area contributed by atoms with E-state index in [-0.39, 0.29) is 17.9 Å². The van der Waals surface area contributed by atoms with E-state index in [1.54, 1.807) is 11.8 Å². The van der Waals surface area contributed by atoms with Gasteiger partial charge in [0.1, 0.15) is 5.82 Å². The minimum absolute atomic E-state index is 0.0440. The number of hydrogen-bond acceptors (Lipinski definition) is 5. The SMILES string of the molecule is CC(=O)N1CCCC1c1nc(CN(C)C(=O)CCc2c[nH]c3ccccc23)cc(N(C)C)n1. The maximum atomic E-state index is 12.9. The topological polar surface area (TPSA) is 85.4 Å². The van der Waals surface area contributed by atoms with Crippen LogP contribution in [-0.2, 0) is 22.6 Å². The summed E-state index contributed by atoms with van der Waals surface area (Å²) in [5.74, 6) is 1.55. The van der Waals surface area contributed by atoms with Gasteiger partial charge in [-0.2, -0.15) is 0 Å². The monoisotopic (exact) mass is 448 g/mol. The second-order valence-corrected chi connectivity index (χ2v) is 8.95. The number of fused-ring (bicyclic) bond motifs is 1. The molecule has 33 heavy (non-hydrogen) atoms. The highest BCUT2D eigenvalue weighted by molar-refractivity contribution is 5.84. The van der Waals surface area contributed by atoms with Crippen molar-refractivity contribution in [2.75, 3.05) is 32.6 Å². The zero-order valence-corrected chi connectivity index (χ0v) is 19.8. The Balaban J connectivity index is 1.47. The maximum absolute atomic E-state index is 12.9. The minimum Gasteiger partial charge on any atom is -0.363 e. The molecule has 0 bridgehead atoms. The predicted octanol–water partition coefficient (Wildman–Crippen LogP) is 3.30. The standard InChI is InChI=1S/C25H32N6O2/c1-17(32)31-13-7-10-22(31)25-27-19(14-23(28-25)29(2)3)16-30(4)24(33)12-11-18-15-26-21-9-6-5-8-20(18)21/h5-6,8-9,14-15,22,26H,7,10-13,16H2,1-4H3. The second-order valence-electron chi connectivity index (χ2n) is 8.95. The van der Waals surface area contributed by atoms with E-state index in [9.17, 15) is 9.59 Å².